The highest BCUT2D eigenvalue weighted by Crippen LogP contribution is 2.19. The Morgan fingerprint density at radius 2 is 2.10 bits per heavy atom. The maximum Gasteiger partial charge on any atom is 0.271 e. The van der Waals surface area contributed by atoms with Gasteiger partial charge in [0.1, 0.15) is 5.75 Å². The van der Waals surface area contributed by atoms with E-state index in [-0.39, 0.29) is 11.7 Å². The first-order valence-corrected chi connectivity index (χ1v) is 6.32. The Hall–Kier alpha value is -2.33. The molecule has 2 aromatic carbocycles. The molecule has 2 rings (SSSR count). The minimum atomic E-state index is -0.313. The van der Waals surface area contributed by atoms with Gasteiger partial charge in [0.25, 0.3) is 5.91 Å². The van der Waals surface area contributed by atoms with Crippen LogP contribution in [0.1, 0.15) is 21.5 Å². The lowest BCUT2D eigenvalue weighted by Crippen LogP contribution is -2.17. The Labute approximate surface area is 121 Å². The van der Waals surface area contributed by atoms with E-state index in [0.717, 1.165) is 5.56 Å². The third-order valence-corrected chi connectivity index (χ3v) is 2.87. The SMILES string of the molecule is Cc1cccc(C(=O)N/N=C/c2cc(Cl)ccc2O)c1. The second-order valence-corrected chi connectivity index (χ2v) is 4.71. The first-order chi connectivity index (χ1) is 9.56. The number of hydrogen-bond acceptors (Lipinski definition) is 3. The smallest absolute Gasteiger partial charge is 0.271 e. The van der Waals surface area contributed by atoms with Crippen molar-refractivity contribution in [2.75, 3.05) is 0 Å². The molecule has 0 aromatic heterocycles. The van der Waals surface area contributed by atoms with Crippen LogP contribution in [0.5, 0.6) is 5.75 Å². The maximum atomic E-state index is 11.8. The number of carbonyl (C=O) groups excluding carboxylic acids is 1. The van der Waals surface area contributed by atoms with E-state index >= 15 is 0 Å². The molecule has 4 nitrogen and oxygen atoms in total. The van der Waals surface area contributed by atoms with Crippen LogP contribution in [-0.4, -0.2) is 17.2 Å². The Kier molecular flexibility index (Phi) is 4.38. The molecule has 0 heterocycles. The normalized spacial score (nSPS) is 10.7. The fourth-order valence-electron chi connectivity index (χ4n) is 1.64. The van der Waals surface area contributed by atoms with Crippen molar-refractivity contribution < 1.29 is 9.90 Å². The number of halogens is 1. The van der Waals surface area contributed by atoms with Crippen LogP contribution >= 0.6 is 11.6 Å². The fourth-order valence-corrected chi connectivity index (χ4v) is 1.82. The number of hydrazone groups is 1. The number of nitrogens with zero attached hydrogens (tertiary/aromatic N) is 1. The minimum absolute atomic E-state index is 0.0444. The van der Waals surface area contributed by atoms with Crippen molar-refractivity contribution in [2.45, 2.75) is 6.92 Å². The van der Waals surface area contributed by atoms with Crippen molar-refractivity contribution in [3.63, 3.8) is 0 Å². The van der Waals surface area contributed by atoms with Gasteiger partial charge in [-0.3, -0.25) is 4.79 Å². The second-order valence-electron chi connectivity index (χ2n) is 4.27. The summed E-state index contributed by atoms with van der Waals surface area (Å²) in [6, 6.07) is 11.8. The Bertz CT molecular complexity index is 669. The largest absolute Gasteiger partial charge is 0.507 e. The Morgan fingerprint density at radius 3 is 2.85 bits per heavy atom. The first kappa shape index (κ1) is 14.1. The molecule has 0 aliphatic rings. The quantitative estimate of drug-likeness (QED) is 0.673. The molecule has 0 fully saturated rings. The molecule has 0 atom stereocenters. The summed E-state index contributed by atoms with van der Waals surface area (Å²) in [6.45, 7) is 1.91. The van der Waals surface area contributed by atoms with Crippen molar-refractivity contribution in [1.82, 2.24) is 5.43 Å². The molecule has 2 aromatic rings. The molecule has 0 saturated carbocycles. The van der Waals surface area contributed by atoms with Crippen LogP contribution < -0.4 is 5.43 Å². The number of phenols is 1. The van der Waals surface area contributed by atoms with E-state index < -0.39 is 0 Å². The molecule has 0 bridgehead atoms. The van der Waals surface area contributed by atoms with Crippen LogP contribution in [0.2, 0.25) is 5.02 Å². The molecule has 0 saturated heterocycles. The lowest BCUT2D eigenvalue weighted by molar-refractivity contribution is 0.0955. The molecule has 0 aliphatic carbocycles. The number of nitrogens with one attached hydrogen (secondary N) is 1. The van der Waals surface area contributed by atoms with Gasteiger partial charge in [0, 0.05) is 16.1 Å². The molecule has 0 spiro atoms. The third-order valence-electron chi connectivity index (χ3n) is 2.64. The summed E-state index contributed by atoms with van der Waals surface area (Å²) in [5.74, 6) is -0.269. The van der Waals surface area contributed by atoms with Gasteiger partial charge in [0.15, 0.2) is 0 Å². The van der Waals surface area contributed by atoms with Crippen molar-refractivity contribution in [3.05, 3.63) is 64.2 Å². The van der Waals surface area contributed by atoms with Gasteiger partial charge in [-0.15, -0.1) is 0 Å². The maximum absolute atomic E-state index is 11.8. The fraction of sp³-hybridized carbons (Fsp3) is 0.0667. The van der Waals surface area contributed by atoms with E-state index in [1.54, 1.807) is 30.3 Å². The van der Waals surface area contributed by atoms with E-state index in [9.17, 15) is 9.90 Å². The molecular weight excluding hydrogens is 276 g/mol. The number of phenolic OH excluding ortho intramolecular Hbond substituents is 1. The number of rotatable bonds is 3. The molecule has 5 heteroatoms. The average Bonchev–Trinajstić information content (AvgIpc) is 2.42. The topological polar surface area (TPSA) is 61.7 Å². The van der Waals surface area contributed by atoms with Gasteiger partial charge in [-0.05, 0) is 37.3 Å². The van der Waals surface area contributed by atoms with Crippen molar-refractivity contribution in [1.29, 1.82) is 0 Å². The van der Waals surface area contributed by atoms with Gasteiger partial charge in [-0.2, -0.15) is 5.10 Å². The first-order valence-electron chi connectivity index (χ1n) is 5.95. The standard InChI is InChI=1S/C15H13ClN2O2/c1-10-3-2-4-11(7-10)15(20)18-17-9-12-8-13(16)5-6-14(12)19/h2-9,19H,1H3,(H,18,20)/b17-9+. The van der Waals surface area contributed by atoms with Crippen molar-refractivity contribution in [3.8, 4) is 5.75 Å². The predicted octanol–water partition coefficient (Wildman–Crippen LogP) is 3.12. The van der Waals surface area contributed by atoms with Crippen molar-refractivity contribution >= 4 is 23.7 Å². The van der Waals surface area contributed by atoms with Gasteiger partial charge < -0.3 is 5.11 Å². The average molecular weight is 289 g/mol. The van der Waals surface area contributed by atoms with Crippen LogP contribution in [0, 0.1) is 6.92 Å². The van der Waals surface area contributed by atoms with Crippen LogP contribution in [0.15, 0.2) is 47.6 Å². The third kappa shape index (κ3) is 3.59. The van der Waals surface area contributed by atoms with Crippen LogP contribution in [0.3, 0.4) is 0 Å². The highest BCUT2D eigenvalue weighted by Gasteiger charge is 2.04. The molecular formula is C15H13ClN2O2. The van der Waals surface area contributed by atoms with E-state index in [1.165, 1.54) is 12.3 Å². The van der Waals surface area contributed by atoms with E-state index in [1.807, 2.05) is 13.0 Å². The summed E-state index contributed by atoms with van der Waals surface area (Å²) in [7, 11) is 0. The zero-order valence-corrected chi connectivity index (χ0v) is 11.6. The molecule has 0 unspecified atom stereocenters. The summed E-state index contributed by atoms with van der Waals surface area (Å²) in [6.07, 6.45) is 1.34. The molecule has 0 aliphatic heterocycles. The van der Waals surface area contributed by atoms with Crippen LogP contribution in [-0.2, 0) is 0 Å². The van der Waals surface area contributed by atoms with Gasteiger partial charge in [-0.25, -0.2) is 5.43 Å². The number of carbonyl (C=O) groups is 1. The zero-order valence-electron chi connectivity index (χ0n) is 10.8. The molecule has 1 amide bonds. The van der Waals surface area contributed by atoms with Gasteiger partial charge in [-0.1, -0.05) is 29.3 Å². The number of amides is 1. The summed E-state index contributed by atoms with van der Waals surface area (Å²) >= 11 is 5.81. The van der Waals surface area contributed by atoms with E-state index in [2.05, 4.69) is 10.5 Å². The van der Waals surface area contributed by atoms with Gasteiger partial charge >= 0.3 is 0 Å². The van der Waals surface area contributed by atoms with Crippen molar-refractivity contribution in [2.24, 2.45) is 5.10 Å². The minimum Gasteiger partial charge on any atom is -0.507 e. The second kappa shape index (κ2) is 6.21. The molecule has 2 N–H and O–H groups in total. The van der Waals surface area contributed by atoms with Gasteiger partial charge in [0.05, 0.1) is 6.21 Å². The monoisotopic (exact) mass is 288 g/mol. The number of hydrogen-bond donors (Lipinski definition) is 2. The Morgan fingerprint density at radius 1 is 1.30 bits per heavy atom. The number of benzene rings is 2. The van der Waals surface area contributed by atoms with E-state index in [0.29, 0.717) is 16.1 Å². The highest BCUT2D eigenvalue weighted by molar-refractivity contribution is 6.30. The highest BCUT2D eigenvalue weighted by atomic mass is 35.5. The van der Waals surface area contributed by atoms with Crippen LogP contribution in [0.4, 0.5) is 0 Å². The summed E-state index contributed by atoms with van der Waals surface area (Å²) in [4.78, 5) is 11.8. The molecule has 20 heavy (non-hydrogen) atoms. The predicted molar refractivity (Wildman–Crippen MR) is 79.4 cm³/mol. The number of aryl methyl sites for hydroxylation is 1. The van der Waals surface area contributed by atoms with E-state index in [4.69, 9.17) is 11.6 Å². The summed E-state index contributed by atoms with van der Waals surface area (Å²) in [5, 5.41) is 13.9. The lowest BCUT2D eigenvalue weighted by Gasteiger charge is -2.02. The molecule has 102 valence electrons. The zero-order chi connectivity index (χ0) is 14.5. The van der Waals surface area contributed by atoms with Gasteiger partial charge in [0.2, 0.25) is 0 Å². The molecule has 0 radical (unpaired) electrons. The number of aromatic hydroxyl groups is 1. The lowest BCUT2D eigenvalue weighted by atomic mass is 10.1. The summed E-state index contributed by atoms with van der Waals surface area (Å²) < 4.78 is 0. The summed E-state index contributed by atoms with van der Waals surface area (Å²) in [5.41, 5.74) is 4.35. The van der Waals surface area contributed by atoms with Crippen LogP contribution in [0.25, 0.3) is 0 Å². The Balaban J connectivity index is 2.06.